The number of carbonyl (C=O) groups excluding carboxylic acids is 1. The van der Waals surface area contributed by atoms with Crippen LogP contribution >= 0.6 is 0 Å². The van der Waals surface area contributed by atoms with Crippen LogP contribution in [0, 0.1) is 0 Å². The van der Waals surface area contributed by atoms with Gasteiger partial charge in [0.15, 0.2) is 11.5 Å². The molecule has 0 bridgehead atoms. The van der Waals surface area contributed by atoms with Gasteiger partial charge in [-0.15, -0.1) is 0 Å². The van der Waals surface area contributed by atoms with Crippen molar-refractivity contribution in [2.75, 3.05) is 20.8 Å². The number of amides is 1. The number of nitrogens with two attached hydrogens (primary N) is 1. The Morgan fingerprint density at radius 3 is 2.55 bits per heavy atom. The molecule has 1 unspecified atom stereocenters. The molecule has 20 heavy (non-hydrogen) atoms. The fourth-order valence-electron chi connectivity index (χ4n) is 1.95. The van der Waals surface area contributed by atoms with E-state index < -0.39 is 0 Å². The van der Waals surface area contributed by atoms with Gasteiger partial charge >= 0.3 is 0 Å². The molecule has 0 aromatic heterocycles. The maximum Gasteiger partial charge on any atom is 0.220 e. The predicted molar refractivity (Wildman–Crippen MR) is 79.0 cm³/mol. The molecule has 0 radical (unpaired) electrons. The Morgan fingerprint density at radius 2 is 1.95 bits per heavy atom. The highest BCUT2D eigenvalue weighted by molar-refractivity contribution is 5.76. The number of hydrogen-bond donors (Lipinski definition) is 2. The molecular formula is C15H24N2O3. The van der Waals surface area contributed by atoms with Crippen molar-refractivity contribution in [2.45, 2.75) is 32.2 Å². The van der Waals surface area contributed by atoms with Crippen molar-refractivity contribution in [3.63, 3.8) is 0 Å². The van der Waals surface area contributed by atoms with Gasteiger partial charge in [-0.1, -0.05) is 6.07 Å². The molecule has 1 atom stereocenters. The Hall–Kier alpha value is -1.75. The van der Waals surface area contributed by atoms with Crippen LogP contribution < -0.4 is 20.5 Å². The summed E-state index contributed by atoms with van der Waals surface area (Å²) in [7, 11) is 3.19. The van der Waals surface area contributed by atoms with E-state index in [2.05, 4.69) is 5.32 Å². The highest BCUT2D eigenvalue weighted by Gasteiger charge is 2.12. The smallest absolute Gasteiger partial charge is 0.220 e. The van der Waals surface area contributed by atoms with Crippen molar-refractivity contribution in [1.29, 1.82) is 0 Å². The van der Waals surface area contributed by atoms with Gasteiger partial charge in [0.25, 0.3) is 0 Å². The molecule has 0 aliphatic rings. The second-order valence-corrected chi connectivity index (χ2v) is 4.65. The molecule has 0 saturated carbocycles. The lowest BCUT2D eigenvalue weighted by atomic mass is 10.1. The Balaban J connectivity index is 2.63. The number of nitrogens with one attached hydrogen (secondary N) is 1. The van der Waals surface area contributed by atoms with E-state index in [1.54, 1.807) is 14.2 Å². The third-order valence-corrected chi connectivity index (χ3v) is 3.14. The number of hydrogen-bond acceptors (Lipinski definition) is 4. The van der Waals surface area contributed by atoms with Crippen LogP contribution in [-0.2, 0) is 4.79 Å². The topological polar surface area (TPSA) is 73.6 Å². The largest absolute Gasteiger partial charge is 0.493 e. The average Bonchev–Trinajstić information content (AvgIpc) is 2.46. The normalized spacial score (nSPS) is 11.8. The van der Waals surface area contributed by atoms with Crippen molar-refractivity contribution < 1.29 is 14.3 Å². The quantitative estimate of drug-likeness (QED) is 0.714. The van der Waals surface area contributed by atoms with Crippen molar-refractivity contribution >= 4 is 5.91 Å². The van der Waals surface area contributed by atoms with Gasteiger partial charge in [-0.3, -0.25) is 4.79 Å². The van der Waals surface area contributed by atoms with E-state index in [9.17, 15) is 4.79 Å². The zero-order chi connectivity index (χ0) is 15.0. The summed E-state index contributed by atoms with van der Waals surface area (Å²) < 4.78 is 10.5. The highest BCUT2D eigenvalue weighted by Crippen LogP contribution is 2.29. The Labute approximate surface area is 120 Å². The van der Waals surface area contributed by atoms with E-state index in [1.165, 1.54) is 0 Å². The average molecular weight is 280 g/mol. The van der Waals surface area contributed by atoms with E-state index in [0.717, 1.165) is 18.4 Å². The van der Waals surface area contributed by atoms with Gasteiger partial charge in [0, 0.05) is 6.42 Å². The van der Waals surface area contributed by atoms with E-state index in [4.69, 9.17) is 15.2 Å². The summed E-state index contributed by atoms with van der Waals surface area (Å²) in [5, 5.41) is 2.97. The van der Waals surface area contributed by atoms with Crippen LogP contribution in [0.2, 0.25) is 0 Å². The molecule has 0 saturated heterocycles. The third kappa shape index (κ3) is 4.74. The molecule has 1 aromatic rings. The summed E-state index contributed by atoms with van der Waals surface area (Å²) in [5.41, 5.74) is 6.39. The first-order chi connectivity index (χ1) is 9.62. The van der Waals surface area contributed by atoms with Gasteiger partial charge in [0.2, 0.25) is 5.91 Å². The fourth-order valence-corrected chi connectivity index (χ4v) is 1.95. The van der Waals surface area contributed by atoms with E-state index in [1.807, 2.05) is 25.1 Å². The summed E-state index contributed by atoms with van der Waals surface area (Å²) in [6, 6.07) is 5.57. The molecule has 5 nitrogen and oxygen atoms in total. The maximum atomic E-state index is 11.8. The van der Waals surface area contributed by atoms with Crippen molar-refractivity contribution in [3.8, 4) is 11.5 Å². The van der Waals surface area contributed by atoms with Crippen LogP contribution in [0.1, 0.15) is 37.8 Å². The molecule has 1 rings (SSSR count). The van der Waals surface area contributed by atoms with Crippen LogP contribution in [-0.4, -0.2) is 26.7 Å². The van der Waals surface area contributed by atoms with Gasteiger partial charge in [-0.2, -0.15) is 0 Å². The first kappa shape index (κ1) is 16.3. The Kier molecular flexibility index (Phi) is 6.87. The van der Waals surface area contributed by atoms with Crippen LogP contribution in [0.3, 0.4) is 0 Å². The first-order valence-electron chi connectivity index (χ1n) is 6.83. The minimum Gasteiger partial charge on any atom is -0.493 e. The maximum absolute atomic E-state index is 11.8. The van der Waals surface area contributed by atoms with Crippen molar-refractivity contribution in [1.82, 2.24) is 5.32 Å². The Bertz CT molecular complexity index is 435. The minimum atomic E-state index is -0.0693. The van der Waals surface area contributed by atoms with E-state index in [-0.39, 0.29) is 11.9 Å². The molecule has 1 aromatic carbocycles. The summed E-state index contributed by atoms with van der Waals surface area (Å²) >= 11 is 0. The molecule has 5 heteroatoms. The van der Waals surface area contributed by atoms with E-state index in [0.29, 0.717) is 24.5 Å². The zero-order valence-electron chi connectivity index (χ0n) is 12.4. The zero-order valence-corrected chi connectivity index (χ0v) is 12.4. The van der Waals surface area contributed by atoms with Crippen molar-refractivity contribution in [3.05, 3.63) is 23.8 Å². The number of methoxy groups -OCH3 is 2. The van der Waals surface area contributed by atoms with Crippen LogP contribution in [0.4, 0.5) is 0 Å². The van der Waals surface area contributed by atoms with Crippen molar-refractivity contribution in [2.24, 2.45) is 5.73 Å². The molecule has 0 spiro atoms. The summed E-state index contributed by atoms with van der Waals surface area (Å²) in [5.74, 6) is 1.38. The molecule has 1 amide bonds. The number of benzene rings is 1. The van der Waals surface area contributed by atoms with E-state index >= 15 is 0 Å². The molecular weight excluding hydrogens is 256 g/mol. The monoisotopic (exact) mass is 280 g/mol. The van der Waals surface area contributed by atoms with Crippen LogP contribution in [0.5, 0.6) is 11.5 Å². The predicted octanol–water partition coefficient (Wildman–Crippen LogP) is 2.01. The molecule has 0 aliphatic heterocycles. The van der Waals surface area contributed by atoms with Gasteiger partial charge in [-0.05, 0) is 44.0 Å². The summed E-state index contributed by atoms with van der Waals surface area (Å²) in [4.78, 5) is 11.8. The first-order valence-corrected chi connectivity index (χ1v) is 6.83. The summed E-state index contributed by atoms with van der Waals surface area (Å²) in [6.07, 6.45) is 2.20. The lowest BCUT2D eigenvalue weighted by Crippen LogP contribution is -2.26. The molecule has 0 heterocycles. The standard InChI is InChI=1S/C15H24N2O3/c1-11(17-15(18)6-4-5-9-16)12-7-8-13(19-2)14(10-12)20-3/h7-8,10-11H,4-6,9,16H2,1-3H3,(H,17,18). The lowest BCUT2D eigenvalue weighted by Gasteiger charge is -2.16. The third-order valence-electron chi connectivity index (χ3n) is 3.14. The lowest BCUT2D eigenvalue weighted by molar-refractivity contribution is -0.121. The van der Waals surface area contributed by atoms with Gasteiger partial charge in [-0.25, -0.2) is 0 Å². The van der Waals surface area contributed by atoms with Crippen LogP contribution in [0.15, 0.2) is 18.2 Å². The Morgan fingerprint density at radius 1 is 1.25 bits per heavy atom. The summed E-state index contributed by atoms with van der Waals surface area (Å²) in [6.45, 7) is 2.57. The number of carbonyl (C=O) groups is 1. The molecule has 112 valence electrons. The van der Waals surface area contributed by atoms with Gasteiger partial charge in [0.05, 0.1) is 20.3 Å². The molecule has 3 N–H and O–H groups in total. The second-order valence-electron chi connectivity index (χ2n) is 4.65. The highest BCUT2D eigenvalue weighted by atomic mass is 16.5. The van der Waals surface area contributed by atoms with Crippen LogP contribution in [0.25, 0.3) is 0 Å². The fraction of sp³-hybridized carbons (Fsp3) is 0.533. The van der Waals surface area contributed by atoms with Gasteiger partial charge < -0.3 is 20.5 Å². The number of rotatable bonds is 8. The molecule has 0 fully saturated rings. The number of ether oxygens (including phenoxy) is 2. The molecule has 0 aliphatic carbocycles. The van der Waals surface area contributed by atoms with Gasteiger partial charge in [0.1, 0.15) is 0 Å². The minimum absolute atomic E-state index is 0.0423. The second kappa shape index (κ2) is 8.43. The SMILES string of the molecule is COc1ccc(C(C)NC(=O)CCCCN)cc1OC. The number of unbranched alkanes of at least 4 members (excludes halogenated alkanes) is 1.